The van der Waals surface area contributed by atoms with Crippen molar-refractivity contribution in [2.75, 3.05) is 26.3 Å². The Morgan fingerprint density at radius 2 is 1.50 bits per heavy atom. The van der Waals surface area contributed by atoms with Crippen LogP contribution in [0.3, 0.4) is 0 Å². The molecule has 1 aliphatic carbocycles. The minimum Gasteiger partial charge on any atom is -0.491 e. The monoisotopic (exact) mass is 487 g/mol. The third-order valence-electron chi connectivity index (χ3n) is 7.21. The Bertz CT molecular complexity index is 929. The Kier molecular flexibility index (Phi) is 8.41. The van der Waals surface area contributed by atoms with E-state index in [0.717, 1.165) is 63.1 Å². The topological polar surface area (TPSA) is 62.2 Å². The number of halogens is 1. The van der Waals surface area contributed by atoms with Crippen molar-refractivity contribution in [1.29, 1.82) is 0 Å². The number of aryl methyl sites for hydroxylation is 1. The van der Waals surface area contributed by atoms with E-state index < -0.39 is 11.2 Å². The molecular formula is C28H38ClNO4. The fourth-order valence-corrected chi connectivity index (χ4v) is 5.16. The highest BCUT2D eigenvalue weighted by Gasteiger charge is 2.32. The molecule has 0 radical (unpaired) electrons. The lowest BCUT2D eigenvalue weighted by molar-refractivity contribution is -0.0339. The quantitative estimate of drug-likeness (QED) is 0.513. The zero-order valence-electron chi connectivity index (χ0n) is 20.3. The second-order valence-electron chi connectivity index (χ2n) is 10.3. The standard InChI is InChI=1S/C28H38ClNO4/c1-22-6-11-25(29)26(18-22)34-21-28(32)14-5-16-30(17-15-28)19-23-7-9-24(10-8-23)33-20-27(31)12-3-2-4-13-27/h6-11,18,31-32H,2-5,12-17,19-21H2,1H3/t28-/m1/s1. The van der Waals surface area contributed by atoms with Crippen LogP contribution in [0.25, 0.3) is 0 Å². The highest BCUT2D eigenvalue weighted by atomic mass is 35.5. The maximum absolute atomic E-state index is 11.1. The van der Waals surface area contributed by atoms with Gasteiger partial charge in [0.2, 0.25) is 0 Å². The fourth-order valence-electron chi connectivity index (χ4n) is 4.99. The molecule has 186 valence electrons. The molecule has 6 heteroatoms. The third-order valence-corrected chi connectivity index (χ3v) is 7.53. The summed E-state index contributed by atoms with van der Waals surface area (Å²) in [6, 6.07) is 13.9. The van der Waals surface area contributed by atoms with Crippen LogP contribution < -0.4 is 9.47 Å². The summed E-state index contributed by atoms with van der Waals surface area (Å²) < 4.78 is 11.8. The maximum atomic E-state index is 11.1. The molecule has 0 aromatic heterocycles. The number of aliphatic hydroxyl groups is 2. The van der Waals surface area contributed by atoms with Crippen LogP contribution in [0.2, 0.25) is 5.02 Å². The van der Waals surface area contributed by atoms with Crippen LogP contribution in [0, 0.1) is 6.92 Å². The van der Waals surface area contributed by atoms with Crippen molar-refractivity contribution in [2.45, 2.75) is 76.0 Å². The second kappa shape index (κ2) is 11.3. The highest BCUT2D eigenvalue weighted by molar-refractivity contribution is 6.32. The zero-order chi connectivity index (χ0) is 24.0. The van der Waals surface area contributed by atoms with E-state index in [1.165, 1.54) is 12.0 Å². The molecule has 1 aliphatic heterocycles. The summed E-state index contributed by atoms with van der Waals surface area (Å²) in [6.45, 7) is 5.21. The Morgan fingerprint density at radius 1 is 0.824 bits per heavy atom. The van der Waals surface area contributed by atoms with Gasteiger partial charge in [-0.2, -0.15) is 0 Å². The summed E-state index contributed by atoms with van der Waals surface area (Å²) in [4.78, 5) is 2.39. The van der Waals surface area contributed by atoms with Gasteiger partial charge in [-0.25, -0.2) is 0 Å². The number of benzene rings is 2. The van der Waals surface area contributed by atoms with E-state index in [0.29, 0.717) is 30.2 Å². The smallest absolute Gasteiger partial charge is 0.138 e. The van der Waals surface area contributed by atoms with E-state index in [9.17, 15) is 10.2 Å². The average Bonchev–Trinajstić information content (AvgIpc) is 3.01. The van der Waals surface area contributed by atoms with E-state index in [-0.39, 0.29) is 6.61 Å². The molecule has 1 saturated heterocycles. The highest BCUT2D eigenvalue weighted by Crippen LogP contribution is 2.30. The van der Waals surface area contributed by atoms with Crippen molar-refractivity contribution in [3.63, 3.8) is 0 Å². The van der Waals surface area contributed by atoms with E-state index in [4.69, 9.17) is 21.1 Å². The first-order valence-electron chi connectivity index (χ1n) is 12.6. The Hall–Kier alpha value is -1.79. The van der Waals surface area contributed by atoms with Crippen molar-refractivity contribution in [2.24, 2.45) is 0 Å². The minimum atomic E-state index is -0.848. The lowest BCUT2D eigenvalue weighted by atomic mass is 9.85. The number of ether oxygens (including phenoxy) is 2. The van der Waals surface area contributed by atoms with Gasteiger partial charge < -0.3 is 19.7 Å². The van der Waals surface area contributed by atoms with E-state index in [2.05, 4.69) is 17.0 Å². The molecule has 0 bridgehead atoms. The van der Waals surface area contributed by atoms with Crippen LogP contribution in [-0.2, 0) is 6.54 Å². The number of rotatable bonds is 8. The Labute approximate surface area is 208 Å². The first kappa shape index (κ1) is 25.3. The maximum Gasteiger partial charge on any atom is 0.138 e. The van der Waals surface area contributed by atoms with Crippen molar-refractivity contribution in [3.8, 4) is 11.5 Å². The Morgan fingerprint density at radius 3 is 2.26 bits per heavy atom. The molecule has 2 aromatic rings. The predicted octanol–water partition coefficient (Wildman–Crippen LogP) is 5.52. The van der Waals surface area contributed by atoms with E-state index in [1.54, 1.807) is 0 Å². The average molecular weight is 488 g/mol. The lowest BCUT2D eigenvalue weighted by Crippen LogP contribution is -2.37. The van der Waals surface area contributed by atoms with Crippen molar-refractivity contribution < 1.29 is 19.7 Å². The van der Waals surface area contributed by atoms with Crippen LogP contribution in [0.15, 0.2) is 42.5 Å². The number of nitrogens with zero attached hydrogens (tertiary/aromatic N) is 1. The molecule has 0 spiro atoms. The second-order valence-corrected chi connectivity index (χ2v) is 10.7. The van der Waals surface area contributed by atoms with Gasteiger partial charge in [-0.3, -0.25) is 4.90 Å². The summed E-state index contributed by atoms with van der Waals surface area (Å²) in [5, 5.41) is 22.4. The molecule has 1 heterocycles. The van der Waals surface area contributed by atoms with Gasteiger partial charge in [0.05, 0.1) is 16.2 Å². The van der Waals surface area contributed by atoms with Crippen LogP contribution in [0.5, 0.6) is 11.5 Å². The molecule has 5 nitrogen and oxygen atoms in total. The first-order chi connectivity index (χ1) is 16.3. The summed E-state index contributed by atoms with van der Waals surface area (Å²) in [5.41, 5.74) is 0.782. The summed E-state index contributed by atoms with van der Waals surface area (Å²) in [7, 11) is 0. The van der Waals surface area contributed by atoms with Crippen molar-refractivity contribution >= 4 is 11.6 Å². The molecule has 2 aromatic carbocycles. The van der Waals surface area contributed by atoms with Gasteiger partial charge in [0, 0.05) is 13.1 Å². The van der Waals surface area contributed by atoms with E-state index >= 15 is 0 Å². The molecule has 1 saturated carbocycles. The van der Waals surface area contributed by atoms with Crippen LogP contribution >= 0.6 is 11.6 Å². The molecule has 2 aliphatic rings. The Balaban J connectivity index is 1.25. The largest absolute Gasteiger partial charge is 0.491 e. The molecule has 1 atom stereocenters. The van der Waals surface area contributed by atoms with Gasteiger partial charge in [0.25, 0.3) is 0 Å². The molecule has 34 heavy (non-hydrogen) atoms. The van der Waals surface area contributed by atoms with Gasteiger partial charge in [-0.05, 0) is 81.0 Å². The van der Waals surface area contributed by atoms with Crippen molar-refractivity contribution in [1.82, 2.24) is 4.90 Å². The predicted molar refractivity (Wildman–Crippen MR) is 136 cm³/mol. The minimum absolute atomic E-state index is 0.252. The zero-order valence-corrected chi connectivity index (χ0v) is 21.0. The van der Waals surface area contributed by atoms with Gasteiger partial charge in [-0.15, -0.1) is 0 Å². The number of hydrogen-bond acceptors (Lipinski definition) is 5. The van der Waals surface area contributed by atoms with Gasteiger partial charge in [0.15, 0.2) is 0 Å². The lowest BCUT2D eigenvalue weighted by Gasteiger charge is -2.31. The summed E-state index contributed by atoms with van der Waals surface area (Å²) in [6.07, 6.45) is 7.31. The van der Waals surface area contributed by atoms with Crippen LogP contribution in [0.4, 0.5) is 0 Å². The first-order valence-corrected chi connectivity index (χ1v) is 13.0. The van der Waals surface area contributed by atoms with E-state index in [1.807, 2.05) is 37.3 Å². The molecule has 2 fully saturated rings. The third kappa shape index (κ3) is 7.11. The summed E-state index contributed by atoms with van der Waals surface area (Å²) >= 11 is 6.25. The molecule has 0 unspecified atom stereocenters. The fraction of sp³-hybridized carbons (Fsp3) is 0.571. The van der Waals surface area contributed by atoms with Crippen molar-refractivity contribution in [3.05, 3.63) is 58.6 Å². The van der Waals surface area contributed by atoms with Crippen LogP contribution in [-0.4, -0.2) is 52.6 Å². The van der Waals surface area contributed by atoms with Gasteiger partial charge >= 0.3 is 0 Å². The number of likely N-dealkylation sites (tertiary alicyclic amines) is 1. The molecular weight excluding hydrogens is 450 g/mol. The molecule has 0 amide bonds. The SMILES string of the molecule is Cc1ccc(Cl)c(OC[C@@]2(O)CCCN(Cc3ccc(OCC4(O)CCCCC4)cc3)CC2)c1. The van der Waals surface area contributed by atoms with Crippen LogP contribution in [0.1, 0.15) is 62.5 Å². The summed E-state index contributed by atoms with van der Waals surface area (Å²) in [5.74, 6) is 1.44. The normalized spacial score (nSPS) is 23.3. The molecule has 4 rings (SSSR count). The molecule has 2 N–H and O–H groups in total. The van der Waals surface area contributed by atoms with Gasteiger partial charge in [-0.1, -0.05) is 49.1 Å². The number of hydrogen-bond donors (Lipinski definition) is 2. The van der Waals surface area contributed by atoms with Gasteiger partial charge in [0.1, 0.15) is 24.7 Å².